The summed E-state index contributed by atoms with van der Waals surface area (Å²) in [6.07, 6.45) is -4.38. The number of halogens is 3. The molecule has 1 aromatic heterocycles. The molecule has 0 fully saturated rings. The molecule has 0 aliphatic heterocycles. The average Bonchev–Trinajstić information content (AvgIpc) is 3.04. The van der Waals surface area contributed by atoms with Crippen molar-refractivity contribution in [1.29, 1.82) is 0 Å². The lowest BCUT2D eigenvalue weighted by Gasteiger charge is -2.08. The van der Waals surface area contributed by atoms with Gasteiger partial charge in [-0.25, -0.2) is 9.78 Å². The number of aromatic nitrogens is 2. The van der Waals surface area contributed by atoms with Crippen LogP contribution >= 0.6 is 0 Å². The van der Waals surface area contributed by atoms with Crippen LogP contribution in [0, 0.1) is 0 Å². The lowest BCUT2D eigenvalue weighted by atomic mass is 10.1. The predicted octanol–water partition coefficient (Wildman–Crippen LogP) is 4.73. The van der Waals surface area contributed by atoms with Gasteiger partial charge in [-0.15, -0.1) is 13.2 Å². The number of amides is 1. The standard InChI is InChI=1S/C17H12F3N3O3/c18-17(19,20)26-13-6-4-10(5-7-13)14-9-21-15(23-14)11-2-1-3-12(8-11)22-16(24)25/h1-9,22H,(H,21,23)(H,24,25). The molecule has 3 N–H and O–H groups in total. The average molecular weight is 363 g/mol. The van der Waals surface area contributed by atoms with Crippen LogP contribution in [-0.2, 0) is 0 Å². The maximum Gasteiger partial charge on any atom is 0.573 e. The number of alkyl halides is 3. The van der Waals surface area contributed by atoms with E-state index >= 15 is 0 Å². The van der Waals surface area contributed by atoms with E-state index in [1.165, 1.54) is 30.5 Å². The van der Waals surface area contributed by atoms with Crippen LogP contribution in [0.2, 0.25) is 0 Å². The van der Waals surface area contributed by atoms with Crippen LogP contribution in [0.1, 0.15) is 0 Å². The lowest BCUT2D eigenvalue weighted by molar-refractivity contribution is -0.274. The van der Waals surface area contributed by atoms with Crippen molar-refractivity contribution in [3.8, 4) is 28.4 Å². The van der Waals surface area contributed by atoms with Gasteiger partial charge in [0.15, 0.2) is 0 Å². The van der Waals surface area contributed by atoms with Crippen molar-refractivity contribution in [3.05, 3.63) is 54.7 Å². The Hall–Kier alpha value is -3.49. The Balaban J connectivity index is 1.81. The van der Waals surface area contributed by atoms with Gasteiger partial charge in [0.05, 0.1) is 11.9 Å². The molecule has 3 aromatic rings. The first-order chi connectivity index (χ1) is 12.3. The minimum atomic E-state index is -4.74. The van der Waals surface area contributed by atoms with Gasteiger partial charge in [-0.1, -0.05) is 12.1 Å². The minimum absolute atomic E-state index is 0.312. The van der Waals surface area contributed by atoms with Crippen molar-refractivity contribution in [3.63, 3.8) is 0 Å². The molecule has 2 aromatic carbocycles. The lowest BCUT2D eigenvalue weighted by Crippen LogP contribution is -2.16. The van der Waals surface area contributed by atoms with E-state index in [9.17, 15) is 18.0 Å². The number of anilines is 1. The van der Waals surface area contributed by atoms with E-state index in [0.717, 1.165) is 0 Å². The molecule has 1 amide bonds. The molecule has 0 spiro atoms. The summed E-state index contributed by atoms with van der Waals surface area (Å²) in [5.74, 6) is 0.179. The van der Waals surface area contributed by atoms with E-state index in [-0.39, 0.29) is 5.75 Å². The van der Waals surface area contributed by atoms with Gasteiger partial charge < -0.3 is 14.8 Å². The number of ether oxygens (including phenoxy) is 1. The summed E-state index contributed by atoms with van der Waals surface area (Å²) in [4.78, 5) is 18.0. The normalized spacial score (nSPS) is 11.2. The fraction of sp³-hybridized carbons (Fsp3) is 0.0588. The number of carbonyl (C=O) groups is 1. The van der Waals surface area contributed by atoms with E-state index in [4.69, 9.17) is 5.11 Å². The Morgan fingerprint density at radius 3 is 2.50 bits per heavy atom. The molecule has 26 heavy (non-hydrogen) atoms. The third kappa shape index (κ3) is 4.32. The van der Waals surface area contributed by atoms with Crippen LogP contribution in [-0.4, -0.2) is 27.5 Å². The molecular formula is C17H12F3N3O3. The second kappa shape index (κ2) is 6.79. The van der Waals surface area contributed by atoms with Crippen molar-refractivity contribution in [1.82, 2.24) is 9.97 Å². The van der Waals surface area contributed by atoms with E-state index in [2.05, 4.69) is 20.0 Å². The molecule has 0 unspecified atom stereocenters. The van der Waals surface area contributed by atoms with Gasteiger partial charge in [0, 0.05) is 11.3 Å². The monoisotopic (exact) mass is 363 g/mol. The van der Waals surface area contributed by atoms with Crippen molar-refractivity contribution < 1.29 is 27.8 Å². The van der Waals surface area contributed by atoms with Crippen molar-refractivity contribution in [2.75, 3.05) is 5.32 Å². The highest BCUT2D eigenvalue weighted by Gasteiger charge is 2.30. The molecular weight excluding hydrogens is 351 g/mol. The molecule has 0 radical (unpaired) electrons. The number of H-pyrrole nitrogens is 1. The van der Waals surface area contributed by atoms with E-state index in [1.807, 2.05) is 0 Å². The molecule has 3 rings (SSSR count). The van der Waals surface area contributed by atoms with Crippen LogP contribution in [0.5, 0.6) is 5.75 Å². The third-order valence-electron chi connectivity index (χ3n) is 3.36. The van der Waals surface area contributed by atoms with Crippen LogP contribution in [0.4, 0.5) is 23.7 Å². The molecule has 134 valence electrons. The first-order valence-corrected chi connectivity index (χ1v) is 7.32. The largest absolute Gasteiger partial charge is 0.573 e. The zero-order valence-electron chi connectivity index (χ0n) is 13.0. The zero-order valence-corrected chi connectivity index (χ0v) is 13.0. The van der Waals surface area contributed by atoms with Gasteiger partial charge >= 0.3 is 12.5 Å². The molecule has 0 bridgehead atoms. The molecule has 1 heterocycles. The zero-order chi connectivity index (χ0) is 18.7. The van der Waals surface area contributed by atoms with Gasteiger partial charge in [-0.3, -0.25) is 5.32 Å². The van der Waals surface area contributed by atoms with Crippen LogP contribution < -0.4 is 10.1 Å². The van der Waals surface area contributed by atoms with Gasteiger partial charge in [0.25, 0.3) is 0 Å². The molecule has 0 saturated heterocycles. The first kappa shape index (κ1) is 17.3. The smallest absolute Gasteiger partial charge is 0.465 e. The Morgan fingerprint density at radius 1 is 1.12 bits per heavy atom. The maximum absolute atomic E-state index is 12.2. The summed E-state index contributed by atoms with van der Waals surface area (Å²) < 4.78 is 40.4. The Morgan fingerprint density at radius 2 is 1.85 bits per heavy atom. The highest BCUT2D eigenvalue weighted by molar-refractivity contribution is 5.84. The Bertz CT molecular complexity index is 921. The topological polar surface area (TPSA) is 87.2 Å². The summed E-state index contributed by atoms with van der Waals surface area (Å²) in [7, 11) is 0. The fourth-order valence-electron chi connectivity index (χ4n) is 2.32. The van der Waals surface area contributed by atoms with Gasteiger partial charge in [-0.05, 0) is 42.0 Å². The number of hydrogen-bond acceptors (Lipinski definition) is 3. The maximum atomic E-state index is 12.2. The highest BCUT2D eigenvalue weighted by Crippen LogP contribution is 2.27. The van der Waals surface area contributed by atoms with Crippen molar-refractivity contribution >= 4 is 11.8 Å². The van der Waals surface area contributed by atoms with Crippen molar-refractivity contribution in [2.24, 2.45) is 0 Å². The van der Waals surface area contributed by atoms with Crippen LogP contribution in [0.15, 0.2) is 54.7 Å². The van der Waals surface area contributed by atoms with E-state index in [1.54, 1.807) is 24.3 Å². The molecule has 9 heteroatoms. The quantitative estimate of drug-likeness (QED) is 0.625. The van der Waals surface area contributed by atoms with Crippen molar-refractivity contribution in [2.45, 2.75) is 6.36 Å². The minimum Gasteiger partial charge on any atom is -0.465 e. The molecule has 0 aliphatic carbocycles. The van der Waals surface area contributed by atoms with E-state index in [0.29, 0.717) is 28.3 Å². The molecule has 0 atom stereocenters. The second-order valence-corrected chi connectivity index (χ2v) is 5.23. The fourth-order valence-corrected chi connectivity index (χ4v) is 2.32. The number of carboxylic acid groups (broad SMARTS) is 1. The summed E-state index contributed by atoms with van der Waals surface area (Å²) >= 11 is 0. The van der Waals surface area contributed by atoms with E-state index < -0.39 is 12.5 Å². The van der Waals surface area contributed by atoms with Gasteiger partial charge in [0.1, 0.15) is 11.6 Å². The number of aromatic amines is 1. The molecule has 0 aliphatic rings. The number of nitrogens with zero attached hydrogens (tertiary/aromatic N) is 1. The summed E-state index contributed by atoms with van der Waals surface area (Å²) in [6.45, 7) is 0. The molecule has 0 saturated carbocycles. The number of benzene rings is 2. The van der Waals surface area contributed by atoms with Crippen LogP contribution in [0.25, 0.3) is 22.6 Å². The second-order valence-electron chi connectivity index (χ2n) is 5.23. The highest BCUT2D eigenvalue weighted by atomic mass is 19.4. The Labute approximate surface area is 145 Å². The third-order valence-corrected chi connectivity index (χ3v) is 3.36. The molecule has 6 nitrogen and oxygen atoms in total. The Kier molecular flexibility index (Phi) is 4.53. The summed E-state index contributed by atoms with van der Waals surface area (Å²) in [6, 6.07) is 12.0. The SMILES string of the molecule is O=C(O)Nc1cccc(-c2ncc(-c3ccc(OC(F)(F)F)cc3)[nH]2)c1. The number of imidazole rings is 1. The van der Waals surface area contributed by atoms with Crippen LogP contribution in [0.3, 0.4) is 0 Å². The number of hydrogen-bond donors (Lipinski definition) is 3. The summed E-state index contributed by atoms with van der Waals surface area (Å²) in [5, 5.41) is 11.0. The first-order valence-electron chi connectivity index (χ1n) is 7.32. The predicted molar refractivity (Wildman–Crippen MR) is 87.8 cm³/mol. The van der Waals surface area contributed by atoms with Gasteiger partial charge in [-0.2, -0.15) is 0 Å². The van der Waals surface area contributed by atoms with Gasteiger partial charge in [0.2, 0.25) is 0 Å². The number of rotatable bonds is 4. The number of nitrogens with one attached hydrogen (secondary N) is 2. The summed E-state index contributed by atoms with van der Waals surface area (Å²) in [5.41, 5.74) is 2.26.